The van der Waals surface area contributed by atoms with Gasteiger partial charge in [0.1, 0.15) is 10.0 Å². The summed E-state index contributed by atoms with van der Waals surface area (Å²) in [6.07, 6.45) is 3.00. The minimum atomic E-state index is -0.209. The molecule has 4 aromatic rings. The van der Waals surface area contributed by atoms with Gasteiger partial charge in [-0.3, -0.25) is 9.59 Å². The van der Waals surface area contributed by atoms with Crippen molar-refractivity contribution in [3.8, 4) is 6.07 Å². The normalized spacial score (nSPS) is 16.3. The van der Waals surface area contributed by atoms with Crippen molar-refractivity contribution in [1.29, 1.82) is 5.26 Å². The average Bonchev–Trinajstić information content (AvgIpc) is 3.70. The summed E-state index contributed by atoms with van der Waals surface area (Å²) in [7, 11) is 0. The van der Waals surface area contributed by atoms with E-state index in [0.717, 1.165) is 40.4 Å². The first-order valence-electron chi connectivity index (χ1n) is 12.2. The van der Waals surface area contributed by atoms with Crippen molar-refractivity contribution in [3.63, 3.8) is 0 Å². The molecule has 12 heteroatoms. The van der Waals surface area contributed by atoms with Crippen LogP contribution in [0.1, 0.15) is 57.8 Å². The predicted octanol–water partition coefficient (Wildman–Crippen LogP) is 5.23. The molecule has 1 aliphatic carbocycles. The molecule has 0 radical (unpaired) electrons. The summed E-state index contributed by atoms with van der Waals surface area (Å²) in [6.45, 7) is 7.11. The van der Waals surface area contributed by atoms with E-state index in [4.69, 9.17) is 11.8 Å². The average molecular weight is 555 g/mol. The third-order valence-corrected chi connectivity index (χ3v) is 8.33. The molecule has 1 fully saturated rings. The van der Waals surface area contributed by atoms with E-state index >= 15 is 0 Å². The molecule has 0 saturated heterocycles. The first-order valence-corrected chi connectivity index (χ1v) is 13.8. The topological polar surface area (TPSA) is 138 Å². The summed E-state index contributed by atoms with van der Waals surface area (Å²) < 4.78 is 0. The van der Waals surface area contributed by atoms with Crippen molar-refractivity contribution in [2.45, 2.75) is 43.9 Å². The van der Waals surface area contributed by atoms with E-state index in [1.165, 1.54) is 22.7 Å². The molecule has 194 valence electrons. The van der Waals surface area contributed by atoms with Gasteiger partial charge in [0.05, 0.1) is 31.0 Å². The number of nitriles is 1. The highest BCUT2D eigenvalue weighted by molar-refractivity contribution is 7.15. The highest BCUT2D eigenvalue weighted by Crippen LogP contribution is 2.45. The number of rotatable bonds is 8. The second kappa shape index (κ2) is 11.9. The first-order chi connectivity index (χ1) is 19.0. The van der Waals surface area contributed by atoms with E-state index in [1.54, 1.807) is 36.4 Å². The molecule has 2 atom stereocenters. The van der Waals surface area contributed by atoms with Crippen molar-refractivity contribution in [2.24, 2.45) is 0 Å². The molecule has 0 spiro atoms. The van der Waals surface area contributed by atoms with Gasteiger partial charge in [-0.2, -0.15) is 5.26 Å². The minimum Gasteiger partial charge on any atom is -0.300 e. The van der Waals surface area contributed by atoms with Crippen LogP contribution in [0.5, 0.6) is 0 Å². The van der Waals surface area contributed by atoms with Crippen LogP contribution in [0.3, 0.4) is 0 Å². The Morgan fingerprint density at radius 1 is 0.897 bits per heavy atom. The van der Waals surface area contributed by atoms with Gasteiger partial charge in [0.15, 0.2) is 5.69 Å². The van der Waals surface area contributed by atoms with Gasteiger partial charge in [0.2, 0.25) is 22.1 Å². The molecule has 39 heavy (non-hydrogen) atoms. The van der Waals surface area contributed by atoms with Gasteiger partial charge >= 0.3 is 0 Å². The summed E-state index contributed by atoms with van der Waals surface area (Å²) in [5.41, 5.74) is 2.55. The molecule has 0 bridgehead atoms. The van der Waals surface area contributed by atoms with Crippen molar-refractivity contribution in [1.82, 2.24) is 20.4 Å². The molecular formula is C27H22N8O2S2. The lowest BCUT2D eigenvalue weighted by molar-refractivity contribution is -0.116. The number of anilines is 2. The van der Waals surface area contributed by atoms with Crippen LogP contribution in [-0.2, 0) is 22.4 Å². The Labute approximate surface area is 232 Å². The van der Waals surface area contributed by atoms with Gasteiger partial charge in [-0.15, -0.1) is 20.4 Å². The Morgan fingerprint density at radius 3 is 2.03 bits per heavy atom. The highest BCUT2D eigenvalue weighted by Gasteiger charge is 2.32. The maximum Gasteiger partial charge on any atom is 0.230 e. The number of hydrogen-bond acceptors (Lipinski definition) is 9. The van der Waals surface area contributed by atoms with Crippen LogP contribution in [0.2, 0.25) is 0 Å². The third kappa shape index (κ3) is 6.68. The number of nitrogens with one attached hydrogen (secondary N) is 2. The molecule has 1 saturated carbocycles. The molecule has 2 amide bonds. The fraction of sp³-hybridized carbons (Fsp3) is 0.259. The van der Waals surface area contributed by atoms with Crippen LogP contribution in [0.4, 0.5) is 16.0 Å². The quantitative estimate of drug-likeness (QED) is 0.285. The monoisotopic (exact) mass is 554 g/mol. The standard InChI is InChI=1S/C27H22N8O2S2/c1-29-21-7-3-5-17(11-21)13-23(37)31-27-35-33-25(39-27)20-9-8-19(14-20)24-32-34-26(38-24)30-22(36)12-16-4-2-6-18(10-16)15-28/h2-7,10-11,19-20H,8-9,12-14H2,(H,30,34,36)(H,31,35,37). The molecule has 0 aliphatic heterocycles. The van der Waals surface area contributed by atoms with Crippen molar-refractivity contribution in [2.75, 3.05) is 10.6 Å². The Bertz CT molecular complexity index is 1480. The maximum atomic E-state index is 12.5. The smallest absolute Gasteiger partial charge is 0.230 e. The van der Waals surface area contributed by atoms with Gasteiger partial charge in [0.25, 0.3) is 0 Å². The van der Waals surface area contributed by atoms with Crippen molar-refractivity contribution < 1.29 is 9.59 Å². The van der Waals surface area contributed by atoms with Crippen LogP contribution in [-0.4, -0.2) is 32.2 Å². The molecule has 2 aromatic carbocycles. The van der Waals surface area contributed by atoms with Crippen LogP contribution in [0, 0.1) is 17.9 Å². The summed E-state index contributed by atoms with van der Waals surface area (Å²) in [5, 5.41) is 34.2. The molecule has 1 aliphatic rings. The van der Waals surface area contributed by atoms with E-state index in [9.17, 15) is 9.59 Å². The lowest BCUT2D eigenvalue weighted by atomic mass is 10.1. The Balaban J connectivity index is 1.13. The molecular weight excluding hydrogens is 532 g/mol. The van der Waals surface area contributed by atoms with Crippen LogP contribution in [0.15, 0.2) is 48.5 Å². The number of hydrogen-bond donors (Lipinski definition) is 2. The van der Waals surface area contributed by atoms with Crippen LogP contribution >= 0.6 is 22.7 Å². The molecule has 5 rings (SSSR count). The number of carbonyl (C=O) groups is 2. The lowest BCUT2D eigenvalue weighted by Gasteiger charge is -2.05. The third-order valence-electron chi connectivity index (χ3n) is 6.33. The fourth-order valence-electron chi connectivity index (χ4n) is 4.51. The second-order valence-corrected chi connectivity index (χ2v) is 11.2. The summed E-state index contributed by atoms with van der Waals surface area (Å²) in [4.78, 5) is 28.3. The van der Waals surface area contributed by atoms with E-state index in [0.29, 0.717) is 21.5 Å². The van der Waals surface area contributed by atoms with Gasteiger partial charge in [-0.1, -0.05) is 59.1 Å². The SMILES string of the molecule is [C-]#[N+]c1cccc(CC(=O)Nc2nnc(C3CCC(c4nnc(NC(=O)Cc5cccc(C#N)c5)s4)C3)s2)c1. The van der Waals surface area contributed by atoms with E-state index in [2.05, 4.69) is 41.9 Å². The molecule has 10 nitrogen and oxygen atoms in total. The predicted molar refractivity (Wildman–Crippen MR) is 148 cm³/mol. The minimum absolute atomic E-state index is 0.152. The largest absolute Gasteiger partial charge is 0.300 e. The summed E-state index contributed by atoms with van der Waals surface area (Å²) in [5.74, 6) is 0.00920. The number of nitrogens with zero attached hydrogens (tertiary/aromatic N) is 6. The van der Waals surface area contributed by atoms with E-state index in [1.807, 2.05) is 12.1 Å². The van der Waals surface area contributed by atoms with Crippen molar-refractivity contribution >= 4 is 50.4 Å². The number of carbonyl (C=O) groups excluding carboxylic acids is 2. The highest BCUT2D eigenvalue weighted by atomic mass is 32.1. The zero-order chi connectivity index (χ0) is 27.2. The van der Waals surface area contributed by atoms with E-state index < -0.39 is 0 Å². The number of amides is 2. The maximum absolute atomic E-state index is 12.5. The second-order valence-electron chi connectivity index (χ2n) is 9.14. The Kier molecular flexibility index (Phi) is 7.96. The van der Waals surface area contributed by atoms with Gasteiger partial charge in [-0.05, 0) is 42.5 Å². The van der Waals surface area contributed by atoms with Gasteiger partial charge in [-0.25, -0.2) is 4.85 Å². The Morgan fingerprint density at radius 2 is 1.46 bits per heavy atom. The zero-order valence-electron chi connectivity index (χ0n) is 20.6. The molecule has 2 aromatic heterocycles. The number of aromatic nitrogens is 4. The van der Waals surface area contributed by atoms with Gasteiger partial charge in [0, 0.05) is 11.8 Å². The Hall–Kier alpha value is -4.52. The zero-order valence-corrected chi connectivity index (χ0v) is 22.3. The fourth-order valence-corrected chi connectivity index (χ4v) is 6.33. The molecule has 2 unspecified atom stereocenters. The number of benzene rings is 2. The van der Waals surface area contributed by atoms with Crippen molar-refractivity contribution in [3.05, 3.63) is 86.7 Å². The summed E-state index contributed by atoms with van der Waals surface area (Å²) >= 11 is 2.75. The molecule has 2 heterocycles. The van der Waals surface area contributed by atoms with Gasteiger partial charge < -0.3 is 10.6 Å². The first kappa shape index (κ1) is 26.1. The molecule has 2 N–H and O–H groups in total. The van der Waals surface area contributed by atoms with Crippen LogP contribution < -0.4 is 10.6 Å². The lowest BCUT2D eigenvalue weighted by Crippen LogP contribution is -2.14. The summed E-state index contributed by atoms with van der Waals surface area (Å²) in [6, 6.07) is 16.0. The van der Waals surface area contributed by atoms with E-state index in [-0.39, 0.29) is 36.5 Å². The van der Waals surface area contributed by atoms with Crippen LogP contribution in [0.25, 0.3) is 4.85 Å².